The number of furan rings is 1. The Morgan fingerprint density at radius 1 is 1.27 bits per heavy atom. The van der Waals surface area contributed by atoms with Gasteiger partial charge in [-0.1, -0.05) is 6.92 Å². The lowest BCUT2D eigenvalue weighted by atomic mass is 10.2. The first kappa shape index (κ1) is 13.2. The normalized spacial score (nSPS) is 20.5. The minimum Gasteiger partial charge on any atom is -0.464 e. The van der Waals surface area contributed by atoms with Gasteiger partial charge in [0.2, 0.25) is 0 Å². The van der Waals surface area contributed by atoms with Crippen LogP contribution in [0, 0.1) is 5.92 Å². The van der Waals surface area contributed by atoms with Gasteiger partial charge in [-0.25, -0.2) is 4.79 Å². The highest BCUT2D eigenvalue weighted by atomic mass is 16.4. The van der Waals surface area contributed by atoms with E-state index in [0.29, 0.717) is 18.0 Å². The maximum atomic E-state index is 11.5. The van der Waals surface area contributed by atoms with Crippen molar-refractivity contribution < 1.29 is 8.83 Å². The van der Waals surface area contributed by atoms with Crippen LogP contribution in [0.1, 0.15) is 30.8 Å². The van der Waals surface area contributed by atoms with E-state index in [1.54, 1.807) is 7.05 Å². The molecule has 5 heteroatoms. The number of nitrogens with zero attached hydrogens (tertiary/aromatic N) is 1. The second kappa shape index (κ2) is 4.80. The summed E-state index contributed by atoms with van der Waals surface area (Å²) in [5.41, 5.74) is 2.28. The fourth-order valence-electron chi connectivity index (χ4n) is 2.84. The van der Waals surface area contributed by atoms with Crippen LogP contribution in [-0.4, -0.2) is 4.57 Å². The summed E-state index contributed by atoms with van der Waals surface area (Å²) in [4.78, 5) is 11.5. The lowest BCUT2D eigenvalue weighted by Gasteiger charge is -2.04. The van der Waals surface area contributed by atoms with Crippen molar-refractivity contribution in [3.8, 4) is 0 Å². The molecular formula is C17H18N2O3. The summed E-state index contributed by atoms with van der Waals surface area (Å²) in [6.07, 6.45) is 1.23. The molecule has 1 aromatic carbocycles. The molecule has 5 nitrogen and oxygen atoms in total. The predicted molar refractivity (Wildman–Crippen MR) is 84.0 cm³/mol. The molecule has 0 unspecified atom stereocenters. The Morgan fingerprint density at radius 3 is 2.86 bits per heavy atom. The largest absolute Gasteiger partial charge is 0.464 e. The van der Waals surface area contributed by atoms with E-state index >= 15 is 0 Å². The Balaban J connectivity index is 1.49. The number of fused-ring (bicyclic) bond motifs is 1. The Bertz CT molecular complexity index is 887. The molecule has 0 radical (unpaired) electrons. The highest BCUT2D eigenvalue weighted by Gasteiger charge is 2.36. The van der Waals surface area contributed by atoms with Crippen LogP contribution in [0.25, 0.3) is 11.1 Å². The van der Waals surface area contributed by atoms with E-state index in [0.717, 1.165) is 28.6 Å². The van der Waals surface area contributed by atoms with Gasteiger partial charge >= 0.3 is 5.76 Å². The third-order valence-electron chi connectivity index (χ3n) is 4.42. The van der Waals surface area contributed by atoms with Gasteiger partial charge in [0.05, 0.1) is 12.1 Å². The number of aryl methyl sites for hydroxylation is 1. The van der Waals surface area contributed by atoms with Gasteiger partial charge in [0.15, 0.2) is 5.58 Å². The Morgan fingerprint density at radius 2 is 2.09 bits per heavy atom. The van der Waals surface area contributed by atoms with Crippen LogP contribution < -0.4 is 11.1 Å². The molecular weight excluding hydrogens is 280 g/mol. The summed E-state index contributed by atoms with van der Waals surface area (Å²) < 4.78 is 12.6. The lowest BCUT2D eigenvalue weighted by molar-refractivity contribution is 0.468. The van der Waals surface area contributed by atoms with Gasteiger partial charge in [-0.05, 0) is 36.6 Å². The number of anilines is 1. The summed E-state index contributed by atoms with van der Waals surface area (Å²) in [5, 5.41) is 3.30. The summed E-state index contributed by atoms with van der Waals surface area (Å²) in [6.45, 7) is 2.86. The van der Waals surface area contributed by atoms with Crippen LogP contribution in [0.2, 0.25) is 0 Å². The highest BCUT2D eigenvalue weighted by molar-refractivity contribution is 5.77. The molecule has 0 amide bonds. The molecule has 114 valence electrons. The monoisotopic (exact) mass is 298 g/mol. The third-order valence-corrected chi connectivity index (χ3v) is 4.42. The quantitative estimate of drug-likeness (QED) is 0.801. The molecule has 1 fully saturated rings. The molecule has 0 bridgehead atoms. The SMILES string of the molecule is C[C@@H]1C[C@@H]1c1ccc(CNc2ccc3c(c2)oc(=O)n3C)o1. The van der Waals surface area contributed by atoms with E-state index in [9.17, 15) is 4.79 Å². The number of aromatic nitrogens is 1. The Labute approximate surface area is 127 Å². The lowest BCUT2D eigenvalue weighted by Crippen LogP contribution is -2.08. The van der Waals surface area contributed by atoms with Gasteiger partial charge in [0.1, 0.15) is 11.5 Å². The number of rotatable bonds is 4. The van der Waals surface area contributed by atoms with Gasteiger partial charge in [-0.15, -0.1) is 0 Å². The number of benzene rings is 1. The van der Waals surface area contributed by atoms with Gasteiger partial charge in [0, 0.05) is 24.7 Å². The van der Waals surface area contributed by atoms with Crippen molar-refractivity contribution in [1.29, 1.82) is 0 Å². The van der Waals surface area contributed by atoms with E-state index in [1.807, 2.05) is 24.3 Å². The average Bonchev–Trinajstić information content (AvgIpc) is 2.95. The standard InChI is InChI=1S/C17H18N2O3/c1-10-7-13(10)15-6-4-12(21-15)9-18-11-3-5-14-16(8-11)22-17(20)19(14)2/h3-6,8,10,13,18H,7,9H2,1-2H3/t10-,13+/m1/s1. The molecule has 2 aromatic heterocycles. The summed E-state index contributed by atoms with van der Waals surface area (Å²) in [5.74, 6) is 3.01. The zero-order valence-corrected chi connectivity index (χ0v) is 12.6. The van der Waals surface area contributed by atoms with E-state index in [4.69, 9.17) is 8.83 Å². The molecule has 0 spiro atoms. The van der Waals surface area contributed by atoms with Gasteiger partial charge in [-0.2, -0.15) is 0 Å². The van der Waals surface area contributed by atoms with Crippen LogP contribution in [-0.2, 0) is 13.6 Å². The zero-order chi connectivity index (χ0) is 15.3. The molecule has 22 heavy (non-hydrogen) atoms. The maximum Gasteiger partial charge on any atom is 0.419 e. The summed E-state index contributed by atoms with van der Waals surface area (Å²) in [7, 11) is 1.70. The molecule has 4 rings (SSSR count). The predicted octanol–water partition coefficient (Wildman–Crippen LogP) is 3.46. The van der Waals surface area contributed by atoms with Crippen molar-refractivity contribution in [2.45, 2.75) is 25.8 Å². The number of nitrogens with one attached hydrogen (secondary N) is 1. The van der Waals surface area contributed by atoms with E-state index in [-0.39, 0.29) is 5.76 Å². The van der Waals surface area contributed by atoms with E-state index in [1.165, 1.54) is 11.0 Å². The Hall–Kier alpha value is -2.43. The van der Waals surface area contributed by atoms with Gasteiger partial charge < -0.3 is 14.2 Å². The number of oxazole rings is 1. The van der Waals surface area contributed by atoms with Crippen LogP contribution in [0.15, 0.2) is 44.0 Å². The average molecular weight is 298 g/mol. The number of hydrogen-bond donors (Lipinski definition) is 1. The maximum absolute atomic E-state index is 11.5. The van der Waals surface area contributed by atoms with Gasteiger partial charge in [-0.3, -0.25) is 4.57 Å². The van der Waals surface area contributed by atoms with Crippen molar-refractivity contribution in [2.75, 3.05) is 5.32 Å². The molecule has 1 aliphatic rings. The first-order valence-corrected chi connectivity index (χ1v) is 7.54. The van der Waals surface area contributed by atoms with Crippen molar-refractivity contribution >= 4 is 16.8 Å². The third kappa shape index (κ3) is 2.22. The fourth-order valence-corrected chi connectivity index (χ4v) is 2.84. The minimum atomic E-state index is -0.346. The van der Waals surface area contributed by atoms with Crippen molar-refractivity contribution in [1.82, 2.24) is 4.57 Å². The Kier molecular flexibility index (Phi) is 2.89. The topological polar surface area (TPSA) is 60.3 Å². The summed E-state index contributed by atoms with van der Waals surface area (Å²) >= 11 is 0. The van der Waals surface area contributed by atoms with Crippen LogP contribution >= 0.6 is 0 Å². The smallest absolute Gasteiger partial charge is 0.419 e. The van der Waals surface area contributed by atoms with Crippen LogP contribution in [0.3, 0.4) is 0 Å². The molecule has 0 saturated heterocycles. The molecule has 2 atom stereocenters. The second-order valence-corrected chi connectivity index (χ2v) is 6.09. The molecule has 3 aromatic rings. The molecule has 1 aliphatic carbocycles. The van der Waals surface area contributed by atoms with E-state index in [2.05, 4.69) is 18.3 Å². The van der Waals surface area contributed by atoms with Crippen LogP contribution in [0.5, 0.6) is 0 Å². The minimum absolute atomic E-state index is 0.346. The summed E-state index contributed by atoms with van der Waals surface area (Å²) in [6, 6.07) is 9.74. The molecule has 2 heterocycles. The van der Waals surface area contributed by atoms with Gasteiger partial charge in [0.25, 0.3) is 0 Å². The zero-order valence-electron chi connectivity index (χ0n) is 12.6. The second-order valence-electron chi connectivity index (χ2n) is 6.09. The van der Waals surface area contributed by atoms with E-state index < -0.39 is 0 Å². The first-order valence-electron chi connectivity index (χ1n) is 7.54. The molecule has 0 aliphatic heterocycles. The first-order chi connectivity index (χ1) is 10.6. The van der Waals surface area contributed by atoms with Crippen molar-refractivity contribution in [2.24, 2.45) is 13.0 Å². The molecule has 1 N–H and O–H groups in total. The van der Waals surface area contributed by atoms with Crippen LogP contribution in [0.4, 0.5) is 5.69 Å². The van der Waals surface area contributed by atoms with Crippen molar-refractivity contribution in [3.63, 3.8) is 0 Å². The van der Waals surface area contributed by atoms with Crippen molar-refractivity contribution in [3.05, 3.63) is 52.4 Å². The fraction of sp³-hybridized carbons (Fsp3) is 0.353. The number of hydrogen-bond acceptors (Lipinski definition) is 4. The molecule has 1 saturated carbocycles. The highest BCUT2D eigenvalue weighted by Crippen LogP contribution is 2.47.